The summed E-state index contributed by atoms with van der Waals surface area (Å²) in [4.78, 5) is 12.2. The number of fused-ring (bicyclic) bond motifs is 1. The molecule has 17 heavy (non-hydrogen) atoms. The summed E-state index contributed by atoms with van der Waals surface area (Å²) in [5, 5.41) is 0. The fourth-order valence-corrected chi connectivity index (χ4v) is 2.08. The molecule has 1 aromatic rings. The smallest absolute Gasteiger partial charge is 0.223 e. The van der Waals surface area contributed by atoms with Crippen LogP contribution in [0.15, 0.2) is 34.0 Å². The highest BCUT2D eigenvalue weighted by atomic mass is 16.3. The van der Waals surface area contributed by atoms with E-state index >= 15 is 0 Å². The second kappa shape index (κ2) is 4.74. The van der Waals surface area contributed by atoms with E-state index in [2.05, 4.69) is 13.0 Å². The maximum absolute atomic E-state index is 12.2. The molecule has 1 aliphatic rings. The molecule has 90 valence electrons. The molecule has 0 aromatic carbocycles. The highest BCUT2D eigenvalue weighted by molar-refractivity contribution is 6.07. The lowest BCUT2D eigenvalue weighted by atomic mass is 9.98. The lowest BCUT2D eigenvalue weighted by Gasteiger charge is -2.06. The van der Waals surface area contributed by atoms with Gasteiger partial charge in [0, 0.05) is 5.56 Å². The normalized spacial score (nSPS) is 23.4. The first-order valence-corrected chi connectivity index (χ1v) is 6.03. The lowest BCUT2D eigenvalue weighted by Crippen LogP contribution is -2.04. The van der Waals surface area contributed by atoms with E-state index in [9.17, 15) is 4.79 Å². The lowest BCUT2D eigenvalue weighted by molar-refractivity contribution is 0.100. The third-order valence-corrected chi connectivity index (χ3v) is 3.31. The van der Waals surface area contributed by atoms with Gasteiger partial charge in [0.2, 0.25) is 5.78 Å². The monoisotopic (exact) mass is 230 g/mol. The number of allylic oxidation sites excluding steroid dienone is 4. The molecule has 0 amide bonds. The molecule has 0 unspecified atom stereocenters. The number of rotatable bonds is 0. The van der Waals surface area contributed by atoms with Gasteiger partial charge in [-0.2, -0.15) is 0 Å². The molecule has 0 saturated heterocycles. The van der Waals surface area contributed by atoms with Crippen molar-refractivity contribution in [3.63, 3.8) is 0 Å². The predicted octanol–water partition coefficient (Wildman–Crippen LogP) is 4.00. The van der Waals surface area contributed by atoms with Gasteiger partial charge in [0.05, 0.1) is 6.26 Å². The number of aryl methyl sites for hydroxylation is 1. The molecule has 0 aliphatic heterocycles. The molecular weight excluding hydrogens is 212 g/mol. The van der Waals surface area contributed by atoms with Crippen molar-refractivity contribution >= 4 is 5.78 Å². The topological polar surface area (TPSA) is 30.2 Å². The maximum atomic E-state index is 12.2. The molecule has 2 nitrogen and oxygen atoms in total. The molecule has 0 fully saturated rings. The Morgan fingerprint density at radius 1 is 1.18 bits per heavy atom. The van der Waals surface area contributed by atoms with Gasteiger partial charge in [0.25, 0.3) is 0 Å². The van der Waals surface area contributed by atoms with Crippen LogP contribution < -0.4 is 0 Å². The molecule has 2 heteroatoms. The molecule has 1 heterocycles. The summed E-state index contributed by atoms with van der Waals surface area (Å²) in [6.07, 6.45) is 8.63. The van der Waals surface area contributed by atoms with Crippen LogP contribution in [0.5, 0.6) is 0 Å². The van der Waals surface area contributed by atoms with Crippen molar-refractivity contribution in [3.8, 4) is 0 Å². The molecule has 0 N–H and O–H groups in total. The van der Waals surface area contributed by atoms with E-state index < -0.39 is 0 Å². The standard InChI is InChI=1S/C15H18O2/c1-10-5-4-6-11(2)14(16)15-13(8-7-10)12(3)9-17-15/h6-7,9H,4-5,8H2,1-3H3/b10-7-,11-6-. The van der Waals surface area contributed by atoms with Gasteiger partial charge in [0.1, 0.15) is 0 Å². The van der Waals surface area contributed by atoms with Crippen molar-refractivity contribution < 1.29 is 9.21 Å². The van der Waals surface area contributed by atoms with Crippen LogP contribution >= 0.6 is 0 Å². The van der Waals surface area contributed by atoms with Crippen molar-refractivity contribution in [3.05, 3.63) is 46.4 Å². The Bertz CT molecular complexity index is 501. The zero-order valence-electron chi connectivity index (χ0n) is 10.7. The Morgan fingerprint density at radius 2 is 1.94 bits per heavy atom. The minimum absolute atomic E-state index is 0.0288. The highest BCUT2D eigenvalue weighted by Crippen LogP contribution is 2.23. The van der Waals surface area contributed by atoms with E-state index in [1.807, 2.05) is 19.9 Å². The Kier molecular flexibility index (Phi) is 3.32. The van der Waals surface area contributed by atoms with Crippen LogP contribution in [0.3, 0.4) is 0 Å². The van der Waals surface area contributed by atoms with Crippen LogP contribution in [0, 0.1) is 6.92 Å². The van der Waals surface area contributed by atoms with Crippen LogP contribution in [0.1, 0.15) is 48.4 Å². The summed E-state index contributed by atoms with van der Waals surface area (Å²) in [5.41, 5.74) is 4.25. The molecular formula is C15H18O2. The van der Waals surface area contributed by atoms with Crippen LogP contribution in [0.2, 0.25) is 0 Å². The maximum Gasteiger partial charge on any atom is 0.223 e. The van der Waals surface area contributed by atoms with Crippen LogP contribution in [0.25, 0.3) is 0 Å². The van der Waals surface area contributed by atoms with E-state index in [4.69, 9.17) is 4.42 Å². The van der Waals surface area contributed by atoms with E-state index in [1.54, 1.807) is 6.26 Å². The van der Waals surface area contributed by atoms with E-state index in [0.717, 1.165) is 36.0 Å². The third-order valence-electron chi connectivity index (χ3n) is 3.31. The average molecular weight is 230 g/mol. The van der Waals surface area contributed by atoms with Gasteiger partial charge in [-0.15, -0.1) is 0 Å². The Hall–Kier alpha value is -1.57. The summed E-state index contributed by atoms with van der Waals surface area (Å²) < 4.78 is 5.42. The largest absolute Gasteiger partial charge is 0.460 e. The van der Waals surface area contributed by atoms with Crippen molar-refractivity contribution in [1.29, 1.82) is 0 Å². The Balaban J connectivity index is 2.49. The fraction of sp³-hybridized carbons (Fsp3) is 0.400. The molecule has 0 atom stereocenters. The first-order valence-electron chi connectivity index (χ1n) is 6.03. The summed E-state index contributed by atoms with van der Waals surface area (Å²) in [6, 6.07) is 0. The zero-order chi connectivity index (χ0) is 12.4. The number of ketones is 1. The van der Waals surface area contributed by atoms with Gasteiger partial charge in [-0.1, -0.05) is 17.7 Å². The van der Waals surface area contributed by atoms with Crippen LogP contribution in [-0.2, 0) is 6.42 Å². The second-order valence-electron chi connectivity index (χ2n) is 4.74. The summed E-state index contributed by atoms with van der Waals surface area (Å²) in [7, 11) is 0. The van der Waals surface area contributed by atoms with E-state index in [-0.39, 0.29) is 5.78 Å². The first-order chi connectivity index (χ1) is 8.09. The minimum atomic E-state index is 0.0288. The summed E-state index contributed by atoms with van der Waals surface area (Å²) in [6.45, 7) is 6.00. The van der Waals surface area contributed by atoms with Gasteiger partial charge in [-0.3, -0.25) is 4.79 Å². The van der Waals surface area contributed by atoms with Crippen molar-refractivity contribution in [2.24, 2.45) is 0 Å². The summed E-state index contributed by atoms with van der Waals surface area (Å²) in [5.74, 6) is 0.545. The molecule has 0 radical (unpaired) electrons. The Morgan fingerprint density at radius 3 is 2.71 bits per heavy atom. The predicted molar refractivity (Wildman–Crippen MR) is 68.2 cm³/mol. The number of hydrogen-bond acceptors (Lipinski definition) is 2. The van der Waals surface area contributed by atoms with Crippen molar-refractivity contribution in [2.75, 3.05) is 0 Å². The quantitative estimate of drug-likeness (QED) is 0.630. The number of furan rings is 1. The molecule has 1 aromatic heterocycles. The third kappa shape index (κ3) is 2.41. The molecule has 1 aliphatic carbocycles. The van der Waals surface area contributed by atoms with Crippen LogP contribution in [0.4, 0.5) is 0 Å². The SMILES string of the molecule is C/C1=C/Cc2c(C)coc2C(=O)/C(C)=C\CC1. The molecule has 0 spiro atoms. The highest BCUT2D eigenvalue weighted by Gasteiger charge is 2.19. The first kappa shape index (κ1) is 11.9. The summed E-state index contributed by atoms with van der Waals surface area (Å²) >= 11 is 0. The molecule has 2 rings (SSSR count). The van der Waals surface area contributed by atoms with Crippen molar-refractivity contribution in [2.45, 2.75) is 40.0 Å². The number of carbonyl (C=O) groups is 1. The fourth-order valence-electron chi connectivity index (χ4n) is 2.08. The van der Waals surface area contributed by atoms with Gasteiger partial charge in [0.15, 0.2) is 5.76 Å². The number of Topliss-reactive ketones (excluding diaryl/α,β-unsaturated/α-hetero) is 1. The molecule has 0 saturated carbocycles. The van der Waals surface area contributed by atoms with E-state index in [0.29, 0.717) is 5.76 Å². The average Bonchev–Trinajstić information content (AvgIpc) is 2.66. The minimum Gasteiger partial charge on any atom is -0.460 e. The second-order valence-corrected chi connectivity index (χ2v) is 4.74. The van der Waals surface area contributed by atoms with Gasteiger partial charge >= 0.3 is 0 Å². The van der Waals surface area contributed by atoms with Gasteiger partial charge in [-0.05, 0) is 51.2 Å². The van der Waals surface area contributed by atoms with Gasteiger partial charge < -0.3 is 4.42 Å². The van der Waals surface area contributed by atoms with Gasteiger partial charge in [-0.25, -0.2) is 0 Å². The number of hydrogen-bond donors (Lipinski definition) is 0. The zero-order valence-corrected chi connectivity index (χ0v) is 10.7. The number of carbonyl (C=O) groups excluding carboxylic acids is 1. The molecule has 0 bridgehead atoms. The van der Waals surface area contributed by atoms with Crippen LogP contribution in [-0.4, -0.2) is 5.78 Å². The van der Waals surface area contributed by atoms with Crippen molar-refractivity contribution in [1.82, 2.24) is 0 Å². The Labute approximate surface area is 102 Å². The van der Waals surface area contributed by atoms with E-state index in [1.165, 1.54) is 5.57 Å².